The minimum atomic E-state index is -3.69. The molecule has 5 nitrogen and oxygen atoms in total. The summed E-state index contributed by atoms with van der Waals surface area (Å²) in [4.78, 5) is 13.4. The molecular formula is C12H16Cl2N2O3S. The number of halogens is 2. The Hall–Kier alpha value is -0.980. The first-order valence-electron chi connectivity index (χ1n) is 5.71. The van der Waals surface area contributed by atoms with Crippen LogP contribution in [-0.4, -0.2) is 45.6 Å². The van der Waals surface area contributed by atoms with Crippen molar-refractivity contribution in [2.45, 2.75) is 13.0 Å². The Morgan fingerprint density at radius 3 is 2.25 bits per heavy atom. The molecule has 1 atom stereocenters. The zero-order chi connectivity index (χ0) is 15.7. The zero-order valence-corrected chi connectivity index (χ0v) is 13.9. The highest BCUT2D eigenvalue weighted by Crippen LogP contribution is 2.32. The molecule has 0 saturated carbocycles. The Kier molecular flexibility index (Phi) is 5.29. The molecule has 0 aromatic heterocycles. The summed E-state index contributed by atoms with van der Waals surface area (Å²) in [6.07, 6.45) is 1.02. The van der Waals surface area contributed by atoms with Crippen molar-refractivity contribution in [1.82, 2.24) is 4.90 Å². The average Bonchev–Trinajstić information content (AvgIpc) is 2.30. The number of benzene rings is 1. The van der Waals surface area contributed by atoms with E-state index in [-0.39, 0.29) is 16.6 Å². The van der Waals surface area contributed by atoms with Crippen molar-refractivity contribution in [3.63, 3.8) is 0 Å². The molecule has 0 bridgehead atoms. The Morgan fingerprint density at radius 1 is 1.25 bits per heavy atom. The number of likely N-dealkylation sites (N-methyl/N-ethyl adjacent to an activating group) is 1. The second kappa shape index (κ2) is 6.20. The van der Waals surface area contributed by atoms with Gasteiger partial charge in [-0.15, -0.1) is 0 Å². The molecule has 112 valence electrons. The molecule has 0 aliphatic rings. The molecule has 0 aliphatic heterocycles. The molecule has 1 aromatic carbocycles. The number of amides is 1. The molecule has 0 fully saturated rings. The van der Waals surface area contributed by atoms with E-state index in [9.17, 15) is 13.2 Å². The number of nitrogens with zero attached hydrogens (tertiary/aromatic N) is 2. The van der Waals surface area contributed by atoms with Crippen molar-refractivity contribution in [1.29, 1.82) is 0 Å². The number of hydrogen-bond donors (Lipinski definition) is 0. The molecule has 1 amide bonds. The first kappa shape index (κ1) is 17.1. The molecule has 0 N–H and O–H groups in total. The summed E-state index contributed by atoms with van der Waals surface area (Å²) < 4.78 is 25.0. The molecule has 20 heavy (non-hydrogen) atoms. The van der Waals surface area contributed by atoms with Crippen molar-refractivity contribution >= 4 is 44.8 Å². The first-order chi connectivity index (χ1) is 9.05. The van der Waals surface area contributed by atoms with E-state index in [0.717, 1.165) is 10.6 Å². The second-order valence-electron chi connectivity index (χ2n) is 4.56. The smallest absolute Gasteiger partial charge is 0.245 e. The predicted octanol–water partition coefficient (Wildman–Crippen LogP) is 2.24. The molecule has 0 radical (unpaired) electrons. The third-order valence-corrected chi connectivity index (χ3v) is 4.44. The Balaban J connectivity index is 3.42. The van der Waals surface area contributed by atoms with Gasteiger partial charge in [-0.2, -0.15) is 0 Å². The molecule has 0 spiro atoms. The van der Waals surface area contributed by atoms with Gasteiger partial charge in [-0.1, -0.05) is 23.2 Å². The van der Waals surface area contributed by atoms with E-state index >= 15 is 0 Å². The van der Waals surface area contributed by atoms with Gasteiger partial charge in [0.2, 0.25) is 15.9 Å². The van der Waals surface area contributed by atoms with Crippen LogP contribution in [-0.2, 0) is 14.8 Å². The fraction of sp³-hybridized carbons (Fsp3) is 0.417. The topological polar surface area (TPSA) is 57.7 Å². The number of rotatable bonds is 4. The van der Waals surface area contributed by atoms with Crippen LogP contribution in [0.25, 0.3) is 0 Å². The van der Waals surface area contributed by atoms with E-state index < -0.39 is 16.1 Å². The molecule has 1 aromatic rings. The fourth-order valence-electron chi connectivity index (χ4n) is 1.80. The van der Waals surface area contributed by atoms with Crippen molar-refractivity contribution in [3.8, 4) is 0 Å². The predicted molar refractivity (Wildman–Crippen MR) is 81.9 cm³/mol. The average molecular weight is 339 g/mol. The monoisotopic (exact) mass is 338 g/mol. The summed E-state index contributed by atoms with van der Waals surface area (Å²) in [6.45, 7) is 1.50. The summed E-state index contributed by atoms with van der Waals surface area (Å²) in [6, 6.07) is 3.54. The van der Waals surface area contributed by atoms with E-state index in [1.165, 1.54) is 24.0 Å². The summed E-state index contributed by atoms with van der Waals surface area (Å²) in [7, 11) is -0.583. The SMILES string of the molecule is CC(C(=O)N(C)C)N(c1cc(Cl)ccc1Cl)S(C)(=O)=O. The van der Waals surface area contributed by atoms with Gasteiger partial charge in [0, 0.05) is 19.1 Å². The van der Waals surface area contributed by atoms with Crippen molar-refractivity contribution < 1.29 is 13.2 Å². The third kappa shape index (κ3) is 3.77. The number of carbonyl (C=O) groups is 1. The number of carbonyl (C=O) groups excluding carboxylic acids is 1. The summed E-state index contributed by atoms with van der Waals surface area (Å²) in [5.41, 5.74) is 0.185. The van der Waals surface area contributed by atoms with Crippen LogP contribution in [0.4, 0.5) is 5.69 Å². The fourth-order valence-corrected chi connectivity index (χ4v) is 3.40. The van der Waals surface area contributed by atoms with Gasteiger partial charge in [-0.3, -0.25) is 9.10 Å². The molecule has 0 saturated heterocycles. The van der Waals surface area contributed by atoms with E-state index in [1.54, 1.807) is 20.2 Å². The van der Waals surface area contributed by atoms with Crippen LogP contribution >= 0.6 is 23.2 Å². The second-order valence-corrected chi connectivity index (χ2v) is 7.27. The lowest BCUT2D eigenvalue weighted by Gasteiger charge is -2.30. The summed E-state index contributed by atoms with van der Waals surface area (Å²) >= 11 is 11.9. The van der Waals surface area contributed by atoms with Gasteiger partial charge < -0.3 is 4.90 Å². The molecular weight excluding hydrogens is 323 g/mol. The number of hydrogen-bond acceptors (Lipinski definition) is 3. The largest absolute Gasteiger partial charge is 0.347 e. The van der Waals surface area contributed by atoms with E-state index in [1.807, 2.05) is 0 Å². The Labute approximate surface area is 129 Å². The van der Waals surface area contributed by atoms with Crippen LogP contribution in [0.1, 0.15) is 6.92 Å². The quantitative estimate of drug-likeness (QED) is 0.845. The maximum Gasteiger partial charge on any atom is 0.245 e. The van der Waals surface area contributed by atoms with E-state index in [2.05, 4.69) is 0 Å². The molecule has 1 unspecified atom stereocenters. The lowest BCUT2D eigenvalue weighted by atomic mass is 10.2. The van der Waals surface area contributed by atoms with Gasteiger partial charge in [-0.25, -0.2) is 8.42 Å². The van der Waals surface area contributed by atoms with E-state index in [0.29, 0.717) is 5.02 Å². The number of sulfonamides is 1. The lowest BCUT2D eigenvalue weighted by molar-refractivity contribution is -0.129. The summed E-state index contributed by atoms with van der Waals surface area (Å²) in [5.74, 6) is -0.355. The minimum Gasteiger partial charge on any atom is -0.347 e. The Bertz CT molecular complexity index is 617. The van der Waals surface area contributed by atoms with Gasteiger partial charge in [0.1, 0.15) is 6.04 Å². The highest BCUT2D eigenvalue weighted by atomic mass is 35.5. The first-order valence-corrected chi connectivity index (χ1v) is 8.31. The number of anilines is 1. The van der Waals surface area contributed by atoms with E-state index in [4.69, 9.17) is 23.2 Å². The van der Waals surface area contributed by atoms with Crippen LogP contribution < -0.4 is 4.31 Å². The lowest BCUT2D eigenvalue weighted by Crippen LogP contribution is -2.47. The third-order valence-electron chi connectivity index (χ3n) is 2.65. The van der Waals surface area contributed by atoms with Crippen LogP contribution in [0.5, 0.6) is 0 Å². The van der Waals surface area contributed by atoms with Crippen LogP contribution in [0.3, 0.4) is 0 Å². The van der Waals surface area contributed by atoms with Crippen molar-refractivity contribution in [2.75, 3.05) is 24.7 Å². The van der Waals surface area contributed by atoms with Gasteiger partial charge in [0.15, 0.2) is 0 Å². The van der Waals surface area contributed by atoms with Gasteiger partial charge in [0.05, 0.1) is 17.0 Å². The normalized spacial score (nSPS) is 12.9. The van der Waals surface area contributed by atoms with Gasteiger partial charge in [0.25, 0.3) is 0 Å². The maximum absolute atomic E-state index is 12.0. The minimum absolute atomic E-state index is 0.185. The van der Waals surface area contributed by atoms with Crippen molar-refractivity contribution in [2.24, 2.45) is 0 Å². The van der Waals surface area contributed by atoms with Gasteiger partial charge in [-0.05, 0) is 25.1 Å². The highest BCUT2D eigenvalue weighted by molar-refractivity contribution is 7.92. The Morgan fingerprint density at radius 2 is 1.80 bits per heavy atom. The highest BCUT2D eigenvalue weighted by Gasteiger charge is 2.31. The van der Waals surface area contributed by atoms with Crippen LogP contribution in [0.15, 0.2) is 18.2 Å². The molecule has 0 aliphatic carbocycles. The molecule has 1 rings (SSSR count). The van der Waals surface area contributed by atoms with Gasteiger partial charge >= 0.3 is 0 Å². The summed E-state index contributed by atoms with van der Waals surface area (Å²) in [5, 5.41) is 0.542. The van der Waals surface area contributed by atoms with Crippen LogP contribution in [0, 0.1) is 0 Å². The zero-order valence-electron chi connectivity index (χ0n) is 11.6. The maximum atomic E-state index is 12.0. The van der Waals surface area contributed by atoms with Crippen molar-refractivity contribution in [3.05, 3.63) is 28.2 Å². The molecule has 8 heteroatoms. The standard InChI is InChI=1S/C12H16Cl2N2O3S/c1-8(12(17)15(2)3)16(20(4,18)19)11-7-9(13)5-6-10(11)14/h5-8H,1-4H3. The molecule has 0 heterocycles. The van der Waals surface area contributed by atoms with Crippen LogP contribution in [0.2, 0.25) is 10.0 Å².